The van der Waals surface area contributed by atoms with Gasteiger partial charge in [-0.15, -0.1) is 0 Å². The van der Waals surface area contributed by atoms with Crippen LogP contribution in [0.5, 0.6) is 0 Å². The molecule has 0 saturated heterocycles. The van der Waals surface area contributed by atoms with E-state index in [-0.39, 0.29) is 0 Å². The van der Waals surface area contributed by atoms with Gasteiger partial charge in [0.2, 0.25) is 0 Å². The predicted molar refractivity (Wildman–Crippen MR) is 120 cm³/mol. The Morgan fingerprint density at radius 1 is 0.448 bits per heavy atom. The van der Waals surface area contributed by atoms with Gasteiger partial charge in [-0.1, -0.05) is 0 Å². The smallest absolute Gasteiger partial charge is 0.400 e. The third-order valence-electron chi connectivity index (χ3n) is 3.53. The Balaban J connectivity index is -0.000000161. The van der Waals surface area contributed by atoms with Crippen LogP contribution in [0.3, 0.4) is 0 Å². The summed E-state index contributed by atoms with van der Waals surface area (Å²) >= 11 is 0. The van der Waals surface area contributed by atoms with Gasteiger partial charge in [0.05, 0.1) is 0 Å². The lowest BCUT2D eigenvalue weighted by Crippen LogP contribution is -2.50. The second-order valence-electron chi connectivity index (χ2n) is 5.76. The van der Waals surface area contributed by atoms with Crippen LogP contribution in [0.4, 0.5) is 0 Å². The predicted octanol–water partition coefficient (Wildman–Crippen LogP) is 1.16. The molecule has 0 spiro atoms. The number of aliphatic hydroxyl groups excluding tert-OH is 1. The van der Waals surface area contributed by atoms with Gasteiger partial charge in [-0.3, -0.25) is 0 Å². The summed E-state index contributed by atoms with van der Waals surface area (Å²) in [5.41, 5.74) is 0. The van der Waals surface area contributed by atoms with E-state index in [1.54, 1.807) is 49.2 Å². The highest BCUT2D eigenvalue weighted by Gasteiger charge is 2.40. The van der Waals surface area contributed by atoms with Gasteiger partial charge in [-0.25, -0.2) is 0 Å². The molecule has 0 aromatic rings. The highest BCUT2D eigenvalue weighted by Crippen LogP contribution is 2.15. The first-order valence-electron chi connectivity index (χ1n) is 8.48. The summed E-state index contributed by atoms with van der Waals surface area (Å²) in [6, 6.07) is 0. The molecule has 0 unspecified atom stereocenters. The van der Waals surface area contributed by atoms with Crippen molar-refractivity contribution < 1.29 is 49.4 Å². The summed E-state index contributed by atoms with van der Waals surface area (Å²) in [6.45, 7) is 9.13. The van der Waals surface area contributed by atoms with Crippen molar-refractivity contribution in [2.45, 2.75) is 32.7 Å². The maximum atomic E-state index is 8.83. The lowest BCUT2D eigenvalue weighted by molar-refractivity contribution is 0.132. The van der Waals surface area contributed by atoms with Gasteiger partial charge >= 0.3 is 35.0 Å². The summed E-state index contributed by atoms with van der Waals surface area (Å²) in [7, 11) is 4.15. The van der Waals surface area contributed by atoms with Gasteiger partial charge in [-0.05, 0) is 13.1 Å². The van der Waals surface area contributed by atoms with Gasteiger partial charge in [0.25, 0.3) is 0 Å². The second kappa shape index (κ2) is 19.1. The SMILES string of the molecule is CO.CO[Si](C)(C)O[Si](C)(OC)OC.CO[Si](C)(O)OC.CO[Si](C)(OC)OC. The minimum atomic E-state index is -2.65. The monoisotopic (exact) mass is 500 g/mol. The van der Waals surface area contributed by atoms with E-state index in [0.717, 1.165) is 7.11 Å². The molecule has 11 nitrogen and oxygen atoms in total. The zero-order valence-corrected chi connectivity index (χ0v) is 24.6. The average Bonchev–Trinajstić information content (AvgIpc) is 2.75. The molecule has 0 heterocycles. The van der Waals surface area contributed by atoms with E-state index in [1.807, 2.05) is 26.2 Å². The summed E-state index contributed by atoms with van der Waals surface area (Å²) < 4.78 is 45.2. The molecule has 0 radical (unpaired) electrons. The molecule has 0 rings (SSSR count). The standard InChI is InChI=1S/C6H18O4Si2.C4H12O3Si.C3H10O3Si.CH4O/c1-7-11(4,5)10-12(6,8-2)9-3;1-5-8(4,6-2)7-3;1-5-7(3,4)6-2;1-2/h1-6H3;1-4H3;4H,1-3H3;2H,1H3. The number of aliphatic hydroxyl groups is 1. The van der Waals surface area contributed by atoms with Crippen molar-refractivity contribution >= 4 is 35.0 Å². The van der Waals surface area contributed by atoms with Crippen LogP contribution >= 0.6 is 0 Å². The first kappa shape index (κ1) is 36.8. The topological polar surface area (TPSA) is 124 Å². The molecular formula is C14H44O11Si4. The fourth-order valence-corrected chi connectivity index (χ4v) is 6.39. The molecule has 0 atom stereocenters. The van der Waals surface area contributed by atoms with Crippen LogP contribution in [0, 0.1) is 0 Å². The Morgan fingerprint density at radius 3 is 0.828 bits per heavy atom. The van der Waals surface area contributed by atoms with E-state index in [1.165, 1.54) is 14.2 Å². The maximum absolute atomic E-state index is 8.83. The van der Waals surface area contributed by atoms with Crippen LogP contribution in [-0.4, -0.2) is 109 Å². The zero-order valence-electron chi connectivity index (χ0n) is 20.6. The molecular weight excluding hydrogens is 456 g/mol. The Hall–Kier alpha value is 0.428. The second-order valence-corrected chi connectivity index (χ2v) is 17.9. The van der Waals surface area contributed by atoms with Crippen molar-refractivity contribution in [1.82, 2.24) is 0 Å². The minimum Gasteiger partial charge on any atom is -0.400 e. The highest BCUT2D eigenvalue weighted by molar-refractivity contribution is 6.76. The molecule has 2 N–H and O–H groups in total. The quantitative estimate of drug-likeness (QED) is 0.420. The fraction of sp³-hybridized carbons (Fsp3) is 1.00. The van der Waals surface area contributed by atoms with Crippen molar-refractivity contribution in [2.75, 3.05) is 64.0 Å². The Kier molecular flexibility index (Phi) is 24.3. The Morgan fingerprint density at radius 2 is 0.724 bits per heavy atom. The van der Waals surface area contributed by atoms with Gasteiger partial charge in [0.15, 0.2) is 0 Å². The van der Waals surface area contributed by atoms with Crippen LogP contribution in [-0.2, 0) is 39.5 Å². The molecule has 0 aromatic heterocycles. The van der Waals surface area contributed by atoms with E-state index in [9.17, 15) is 0 Å². The van der Waals surface area contributed by atoms with E-state index in [2.05, 4.69) is 8.85 Å². The first-order valence-corrected chi connectivity index (χ1v) is 18.0. The highest BCUT2D eigenvalue weighted by atomic mass is 28.5. The molecule has 15 heteroatoms. The largest absolute Gasteiger partial charge is 0.496 e. The van der Waals surface area contributed by atoms with Gasteiger partial charge in [0, 0.05) is 83.6 Å². The molecule has 0 aliphatic heterocycles. The Bertz CT molecular complexity index is 340. The van der Waals surface area contributed by atoms with Crippen molar-refractivity contribution in [3.05, 3.63) is 0 Å². The van der Waals surface area contributed by atoms with Crippen LogP contribution in [0.2, 0.25) is 32.7 Å². The summed E-state index contributed by atoms with van der Waals surface area (Å²) in [5.74, 6) is 0. The average molecular weight is 501 g/mol. The van der Waals surface area contributed by atoms with E-state index >= 15 is 0 Å². The van der Waals surface area contributed by atoms with E-state index in [0.29, 0.717) is 0 Å². The third-order valence-corrected chi connectivity index (χ3v) is 13.2. The number of rotatable bonds is 10. The van der Waals surface area contributed by atoms with E-state index in [4.69, 9.17) is 40.6 Å². The van der Waals surface area contributed by atoms with Gasteiger partial charge < -0.3 is 49.4 Å². The van der Waals surface area contributed by atoms with Crippen molar-refractivity contribution in [3.8, 4) is 0 Å². The maximum Gasteiger partial charge on any atom is 0.496 e. The van der Waals surface area contributed by atoms with Gasteiger partial charge in [0.1, 0.15) is 0 Å². The molecule has 0 aliphatic rings. The normalized spacial score (nSPS) is 12.0. The molecule has 0 saturated carbocycles. The third kappa shape index (κ3) is 21.4. The molecule has 182 valence electrons. The van der Waals surface area contributed by atoms with Crippen molar-refractivity contribution in [3.63, 3.8) is 0 Å². The lowest BCUT2D eigenvalue weighted by Gasteiger charge is -2.30. The van der Waals surface area contributed by atoms with E-state index < -0.39 is 35.0 Å². The fourth-order valence-electron chi connectivity index (χ4n) is 0.988. The molecule has 29 heavy (non-hydrogen) atoms. The molecule has 0 bridgehead atoms. The van der Waals surface area contributed by atoms with Crippen LogP contribution in [0.1, 0.15) is 0 Å². The molecule has 0 aromatic carbocycles. The molecule has 0 aliphatic carbocycles. The first-order chi connectivity index (χ1) is 13.2. The summed E-state index contributed by atoms with van der Waals surface area (Å²) in [4.78, 5) is 8.83. The number of hydrogen-bond donors (Lipinski definition) is 2. The molecule has 0 fully saturated rings. The van der Waals surface area contributed by atoms with Crippen molar-refractivity contribution in [1.29, 1.82) is 0 Å². The van der Waals surface area contributed by atoms with Crippen LogP contribution in [0.25, 0.3) is 0 Å². The Labute approximate surface area is 181 Å². The van der Waals surface area contributed by atoms with Crippen LogP contribution < -0.4 is 0 Å². The number of hydrogen-bond acceptors (Lipinski definition) is 11. The lowest BCUT2D eigenvalue weighted by atomic mass is 11.8. The van der Waals surface area contributed by atoms with Crippen molar-refractivity contribution in [2.24, 2.45) is 0 Å². The summed E-state index contributed by atoms with van der Waals surface area (Å²) in [6.07, 6.45) is 0. The van der Waals surface area contributed by atoms with Gasteiger partial charge in [-0.2, -0.15) is 0 Å². The molecule has 0 amide bonds. The minimum absolute atomic E-state index is 1.00. The summed E-state index contributed by atoms with van der Waals surface area (Å²) in [5, 5.41) is 7.00. The zero-order chi connectivity index (χ0) is 24.4. The van der Waals surface area contributed by atoms with Crippen LogP contribution in [0.15, 0.2) is 0 Å².